The smallest absolute Gasteiger partial charge is 0.225 e. The van der Waals surface area contributed by atoms with Gasteiger partial charge < -0.3 is 4.90 Å². The van der Waals surface area contributed by atoms with Gasteiger partial charge in [-0.3, -0.25) is 0 Å². The van der Waals surface area contributed by atoms with Crippen molar-refractivity contribution in [2.45, 2.75) is 19.3 Å². The summed E-state index contributed by atoms with van der Waals surface area (Å²) < 4.78 is 0. The van der Waals surface area contributed by atoms with Crippen LogP contribution in [0.15, 0.2) is 42.7 Å². The Bertz CT molecular complexity index is 487. The van der Waals surface area contributed by atoms with E-state index in [0.717, 1.165) is 24.6 Å². The highest BCUT2D eigenvalue weighted by molar-refractivity contribution is 5.61. The van der Waals surface area contributed by atoms with Gasteiger partial charge in [-0.2, -0.15) is 0 Å². The molecule has 2 heterocycles. The van der Waals surface area contributed by atoms with Crippen LogP contribution in [0, 0.1) is 0 Å². The molecule has 0 amide bonds. The second-order valence-electron chi connectivity index (χ2n) is 4.69. The van der Waals surface area contributed by atoms with Crippen molar-refractivity contribution in [3.05, 3.63) is 42.7 Å². The maximum Gasteiger partial charge on any atom is 0.225 e. The van der Waals surface area contributed by atoms with E-state index in [1.54, 1.807) is 0 Å². The van der Waals surface area contributed by atoms with E-state index in [9.17, 15) is 0 Å². The van der Waals surface area contributed by atoms with Crippen LogP contribution in [0.1, 0.15) is 19.3 Å². The number of nitrogens with zero attached hydrogens (tertiary/aromatic N) is 3. The van der Waals surface area contributed by atoms with Gasteiger partial charge in [0.25, 0.3) is 0 Å². The minimum atomic E-state index is 0.870. The van der Waals surface area contributed by atoms with Crippen LogP contribution in [0.4, 0.5) is 5.95 Å². The Morgan fingerprint density at radius 1 is 0.778 bits per heavy atom. The Labute approximate surface area is 108 Å². The number of hydrogen-bond donors (Lipinski definition) is 0. The molecule has 0 saturated carbocycles. The second-order valence-corrected chi connectivity index (χ2v) is 4.69. The van der Waals surface area contributed by atoms with E-state index in [2.05, 4.69) is 27.0 Å². The van der Waals surface area contributed by atoms with Gasteiger partial charge >= 0.3 is 0 Å². The highest BCUT2D eigenvalue weighted by Gasteiger charge is 2.12. The molecule has 92 valence electrons. The van der Waals surface area contributed by atoms with Crippen LogP contribution < -0.4 is 4.90 Å². The molecule has 1 aromatic heterocycles. The third-order valence-corrected chi connectivity index (χ3v) is 3.38. The fourth-order valence-corrected chi connectivity index (χ4v) is 2.36. The molecule has 1 aliphatic rings. The van der Waals surface area contributed by atoms with Crippen molar-refractivity contribution in [1.29, 1.82) is 0 Å². The Morgan fingerprint density at radius 3 is 2.11 bits per heavy atom. The van der Waals surface area contributed by atoms with Gasteiger partial charge in [0.05, 0.1) is 0 Å². The molecule has 2 aromatic rings. The zero-order valence-corrected chi connectivity index (χ0v) is 10.4. The number of rotatable bonds is 2. The van der Waals surface area contributed by atoms with Gasteiger partial charge in [-0.1, -0.05) is 30.3 Å². The minimum absolute atomic E-state index is 0.870. The zero-order valence-electron chi connectivity index (χ0n) is 10.4. The number of anilines is 1. The van der Waals surface area contributed by atoms with E-state index in [0.29, 0.717) is 0 Å². The first-order valence-corrected chi connectivity index (χ1v) is 6.56. The van der Waals surface area contributed by atoms with Gasteiger partial charge in [-0.25, -0.2) is 9.97 Å². The molecule has 0 bridgehead atoms. The number of aromatic nitrogens is 2. The van der Waals surface area contributed by atoms with Crippen LogP contribution >= 0.6 is 0 Å². The lowest BCUT2D eigenvalue weighted by Crippen LogP contribution is -2.30. The summed E-state index contributed by atoms with van der Waals surface area (Å²) in [4.78, 5) is 11.3. The molecule has 1 aliphatic heterocycles. The van der Waals surface area contributed by atoms with Crippen LogP contribution in [-0.4, -0.2) is 23.1 Å². The third kappa shape index (κ3) is 2.35. The average Bonchev–Trinajstić information content (AvgIpc) is 2.49. The highest BCUT2D eigenvalue weighted by atomic mass is 15.2. The molecule has 1 aromatic carbocycles. The van der Waals surface area contributed by atoms with E-state index in [4.69, 9.17) is 0 Å². The van der Waals surface area contributed by atoms with Crippen LogP contribution in [0.5, 0.6) is 0 Å². The van der Waals surface area contributed by atoms with Crippen LogP contribution in [0.3, 0.4) is 0 Å². The van der Waals surface area contributed by atoms with Crippen LogP contribution in [0.2, 0.25) is 0 Å². The molecular formula is C15H17N3. The Hall–Kier alpha value is -1.90. The molecular weight excluding hydrogens is 222 g/mol. The first kappa shape index (κ1) is 11.2. The fraction of sp³-hybridized carbons (Fsp3) is 0.333. The number of benzene rings is 1. The third-order valence-electron chi connectivity index (χ3n) is 3.38. The molecule has 1 fully saturated rings. The Kier molecular flexibility index (Phi) is 3.22. The van der Waals surface area contributed by atoms with E-state index in [1.165, 1.54) is 24.8 Å². The summed E-state index contributed by atoms with van der Waals surface area (Å²) in [6, 6.07) is 10.3. The Balaban J connectivity index is 1.80. The average molecular weight is 239 g/mol. The molecule has 3 rings (SSSR count). The quantitative estimate of drug-likeness (QED) is 0.806. The number of hydrogen-bond acceptors (Lipinski definition) is 3. The molecule has 18 heavy (non-hydrogen) atoms. The molecule has 0 spiro atoms. The van der Waals surface area contributed by atoms with Crippen molar-refractivity contribution in [3.8, 4) is 11.1 Å². The van der Waals surface area contributed by atoms with Gasteiger partial charge in [0, 0.05) is 31.0 Å². The zero-order chi connectivity index (χ0) is 12.2. The molecule has 3 nitrogen and oxygen atoms in total. The largest absolute Gasteiger partial charge is 0.341 e. The topological polar surface area (TPSA) is 29.0 Å². The van der Waals surface area contributed by atoms with Gasteiger partial charge in [0.1, 0.15) is 0 Å². The van der Waals surface area contributed by atoms with E-state index in [1.807, 2.05) is 30.6 Å². The summed E-state index contributed by atoms with van der Waals surface area (Å²) in [7, 11) is 0. The highest BCUT2D eigenvalue weighted by Crippen LogP contribution is 2.20. The first-order valence-electron chi connectivity index (χ1n) is 6.56. The monoisotopic (exact) mass is 239 g/mol. The minimum Gasteiger partial charge on any atom is -0.341 e. The van der Waals surface area contributed by atoms with Gasteiger partial charge in [0.2, 0.25) is 5.95 Å². The molecule has 0 aliphatic carbocycles. The standard InChI is InChI=1S/C15H17N3/c1-3-7-13(8-4-1)14-11-16-15(17-12-14)18-9-5-2-6-10-18/h1,3-4,7-8,11-12H,2,5-6,9-10H2. The SMILES string of the molecule is c1ccc(-c2cnc(N3CCCCC3)nc2)cc1. The predicted molar refractivity (Wildman–Crippen MR) is 73.5 cm³/mol. The van der Waals surface area contributed by atoms with Crippen molar-refractivity contribution in [2.75, 3.05) is 18.0 Å². The van der Waals surface area contributed by atoms with Gasteiger partial charge in [-0.05, 0) is 24.8 Å². The first-order chi connectivity index (χ1) is 8.93. The summed E-state index contributed by atoms with van der Waals surface area (Å²) >= 11 is 0. The summed E-state index contributed by atoms with van der Waals surface area (Å²) in [5.74, 6) is 0.870. The van der Waals surface area contributed by atoms with Crippen molar-refractivity contribution in [3.63, 3.8) is 0 Å². The van der Waals surface area contributed by atoms with Crippen molar-refractivity contribution >= 4 is 5.95 Å². The fourth-order valence-electron chi connectivity index (χ4n) is 2.36. The second kappa shape index (κ2) is 5.17. The number of piperidine rings is 1. The lowest BCUT2D eigenvalue weighted by molar-refractivity contribution is 0.568. The van der Waals surface area contributed by atoms with Gasteiger partial charge in [-0.15, -0.1) is 0 Å². The normalized spacial score (nSPS) is 15.7. The van der Waals surface area contributed by atoms with E-state index in [-0.39, 0.29) is 0 Å². The lowest BCUT2D eigenvalue weighted by Gasteiger charge is -2.26. The maximum absolute atomic E-state index is 4.49. The summed E-state index contributed by atoms with van der Waals surface area (Å²) in [5, 5.41) is 0. The van der Waals surface area contributed by atoms with Crippen LogP contribution in [-0.2, 0) is 0 Å². The predicted octanol–water partition coefficient (Wildman–Crippen LogP) is 3.13. The molecule has 0 unspecified atom stereocenters. The van der Waals surface area contributed by atoms with Crippen LogP contribution in [0.25, 0.3) is 11.1 Å². The summed E-state index contributed by atoms with van der Waals surface area (Å²) in [5.41, 5.74) is 2.25. The van der Waals surface area contributed by atoms with Gasteiger partial charge in [0.15, 0.2) is 0 Å². The van der Waals surface area contributed by atoms with Crippen molar-refractivity contribution < 1.29 is 0 Å². The van der Waals surface area contributed by atoms with Crippen molar-refractivity contribution in [1.82, 2.24) is 9.97 Å². The molecule has 0 atom stereocenters. The molecule has 3 heteroatoms. The molecule has 1 saturated heterocycles. The Morgan fingerprint density at radius 2 is 1.44 bits per heavy atom. The summed E-state index contributed by atoms with van der Waals surface area (Å²) in [6.45, 7) is 2.18. The maximum atomic E-state index is 4.49. The lowest BCUT2D eigenvalue weighted by atomic mass is 10.1. The molecule has 0 radical (unpaired) electrons. The van der Waals surface area contributed by atoms with Crippen molar-refractivity contribution in [2.24, 2.45) is 0 Å². The summed E-state index contributed by atoms with van der Waals surface area (Å²) in [6.07, 6.45) is 7.69. The van der Waals surface area contributed by atoms with E-state index < -0.39 is 0 Å². The molecule has 0 N–H and O–H groups in total. The van der Waals surface area contributed by atoms with E-state index >= 15 is 0 Å².